The van der Waals surface area contributed by atoms with E-state index in [0.717, 1.165) is 29.0 Å². The van der Waals surface area contributed by atoms with Crippen LogP contribution in [0.25, 0.3) is 10.8 Å². The highest BCUT2D eigenvalue weighted by atomic mass is 16.2. The molecule has 3 aromatic rings. The van der Waals surface area contributed by atoms with Crippen LogP contribution in [0, 0.1) is 0 Å². The molecular weight excluding hydrogens is 354 g/mol. The molecule has 1 aromatic heterocycles. The van der Waals surface area contributed by atoms with Gasteiger partial charge >= 0.3 is 0 Å². The van der Waals surface area contributed by atoms with Crippen LogP contribution in [0.2, 0.25) is 0 Å². The molecule has 0 fully saturated rings. The summed E-state index contributed by atoms with van der Waals surface area (Å²) in [6, 6.07) is 14.8. The highest BCUT2D eigenvalue weighted by Gasteiger charge is 2.14. The molecular formula is C21H23N5O2. The number of anilines is 1. The lowest BCUT2D eigenvalue weighted by Crippen LogP contribution is -2.27. The summed E-state index contributed by atoms with van der Waals surface area (Å²) in [7, 11) is 1.52. The molecule has 0 aliphatic rings. The average Bonchev–Trinajstić information content (AvgIpc) is 2.72. The van der Waals surface area contributed by atoms with Crippen molar-refractivity contribution in [2.24, 2.45) is 12.1 Å². The zero-order valence-electron chi connectivity index (χ0n) is 16.2. The largest absolute Gasteiger partial charge is 0.372 e. The molecule has 28 heavy (non-hydrogen) atoms. The number of benzene rings is 2. The fourth-order valence-electron chi connectivity index (χ4n) is 3.05. The fourth-order valence-corrected chi connectivity index (χ4v) is 3.05. The molecule has 1 amide bonds. The summed E-state index contributed by atoms with van der Waals surface area (Å²) >= 11 is 0. The Morgan fingerprint density at radius 2 is 1.75 bits per heavy atom. The van der Waals surface area contributed by atoms with Crippen molar-refractivity contribution in [1.82, 2.24) is 15.2 Å². The van der Waals surface area contributed by atoms with Crippen LogP contribution in [-0.4, -0.2) is 35.0 Å². The second kappa shape index (κ2) is 8.47. The SMILES string of the molecule is CCN(CC)c1ccc(/C=N\NC(=O)c2nn(C)c(=O)c3ccccc23)cc1. The number of amides is 1. The maximum absolute atomic E-state index is 12.5. The lowest BCUT2D eigenvalue weighted by Gasteiger charge is -2.20. The van der Waals surface area contributed by atoms with Gasteiger partial charge < -0.3 is 4.90 Å². The van der Waals surface area contributed by atoms with Gasteiger partial charge in [-0.3, -0.25) is 9.59 Å². The van der Waals surface area contributed by atoms with E-state index in [1.165, 1.54) is 7.05 Å². The van der Waals surface area contributed by atoms with Gasteiger partial charge in [0.2, 0.25) is 0 Å². The van der Waals surface area contributed by atoms with Gasteiger partial charge in [-0.25, -0.2) is 10.1 Å². The maximum atomic E-state index is 12.5. The van der Waals surface area contributed by atoms with Gasteiger partial charge in [0, 0.05) is 31.2 Å². The van der Waals surface area contributed by atoms with E-state index in [-0.39, 0.29) is 11.3 Å². The molecule has 1 N–H and O–H groups in total. The van der Waals surface area contributed by atoms with Gasteiger partial charge in [0.25, 0.3) is 11.5 Å². The van der Waals surface area contributed by atoms with Crippen LogP contribution < -0.4 is 15.9 Å². The number of hydrogen-bond acceptors (Lipinski definition) is 5. The minimum Gasteiger partial charge on any atom is -0.372 e. The Morgan fingerprint density at radius 3 is 2.39 bits per heavy atom. The lowest BCUT2D eigenvalue weighted by molar-refractivity contribution is 0.0950. The molecule has 0 aliphatic heterocycles. The molecule has 0 radical (unpaired) electrons. The number of carbonyl (C=O) groups excluding carboxylic acids is 1. The minimum atomic E-state index is -0.470. The van der Waals surface area contributed by atoms with Gasteiger partial charge in [0.05, 0.1) is 11.6 Å². The normalized spacial score (nSPS) is 11.1. The Balaban J connectivity index is 1.77. The van der Waals surface area contributed by atoms with Crippen molar-refractivity contribution in [2.45, 2.75) is 13.8 Å². The molecule has 7 nitrogen and oxygen atoms in total. The quantitative estimate of drug-likeness (QED) is 0.529. The average molecular weight is 377 g/mol. The molecule has 0 saturated carbocycles. The van der Waals surface area contributed by atoms with Crippen molar-refractivity contribution in [3.63, 3.8) is 0 Å². The van der Waals surface area contributed by atoms with E-state index in [4.69, 9.17) is 0 Å². The molecule has 0 unspecified atom stereocenters. The number of aromatic nitrogens is 2. The first-order chi connectivity index (χ1) is 13.5. The van der Waals surface area contributed by atoms with E-state index in [9.17, 15) is 9.59 Å². The van der Waals surface area contributed by atoms with E-state index in [1.54, 1.807) is 30.5 Å². The van der Waals surface area contributed by atoms with Gasteiger partial charge in [0.1, 0.15) is 0 Å². The Kier molecular flexibility index (Phi) is 5.84. The first kappa shape index (κ1) is 19.3. The van der Waals surface area contributed by atoms with Crippen LogP contribution >= 0.6 is 0 Å². The van der Waals surface area contributed by atoms with Crippen LogP contribution in [0.5, 0.6) is 0 Å². The second-order valence-corrected chi connectivity index (χ2v) is 6.29. The smallest absolute Gasteiger partial charge is 0.292 e. The Morgan fingerprint density at radius 1 is 1.11 bits per heavy atom. The Labute approximate surface area is 163 Å². The van der Waals surface area contributed by atoms with Crippen molar-refractivity contribution in [2.75, 3.05) is 18.0 Å². The van der Waals surface area contributed by atoms with E-state index in [1.807, 2.05) is 24.3 Å². The summed E-state index contributed by atoms with van der Waals surface area (Å²) in [6.07, 6.45) is 1.58. The van der Waals surface area contributed by atoms with Gasteiger partial charge in [-0.2, -0.15) is 10.2 Å². The van der Waals surface area contributed by atoms with Crippen molar-refractivity contribution >= 4 is 28.6 Å². The predicted molar refractivity (Wildman–Crippen MR) is 112 cm³/mol. The van der Waals surface area contributed by atoms with Crippen LogP contribution in [0.1, 0.15) is 29.9 Å². The molecule has 2 aromatic carbocycles. The van der Waals surface area contributed by atoms with E-state index in [2.05, 4.69) is 34.4 Å². The number of aryl methyl sites for hydroxylation is 1. The third-order valence-electron chi connectivity index (χ3n) is 4.57. The highest BCUT2D eigenvalue weighted by molar-refractivity contribution is 6.04. The van der Waals surface area contributed by atoms with Crippen LogP contribution in [0.3, 0.4) is 0 Å². The standard InChI is InChI=1S/C21H23N5O2/c1-4-26(5-2)16-12-10-15(11-13-16)14-22-23-20(27)19-17-8-6-7-9-18(17)21(28)25(3)24-19/h6-14H,4-5H2,1-3H3,(H,23,27)/b22-14-. The van der Waals surface area contributed by atoms with Gasteiger partial charge in [-0.05, 0) is 37.6 Å². The summed E-state index contributed by atoms with van der Waals surface area (Å²) in [4.78, 5) is 26.9. The van der Waals surface area contributed by atoms with E-state index < -0.39 is 5.91 Å². The second-order valence-electron chi connectivity index (χ2n) is 6.29. The molecule has 144 valence electrons. The molecule has 0 bridgehead atoms. The molecule has 3 rings (SSSR count). The fraction of sp³-hybridized carbons (Fsp3) is 0.238. The molecule has 1 heterocycles. The Hall–Kier alpha value is -3.48. The van der Waals surface area contributed by atoms with Crippen LogP contribution in [-0.2, 0) is 7.05 Å². The summed E-state index contributed by atoms with van der Waals surface area (Å²) in [6.45, 7) is 6.12. The highest BCUT2D eigenvalue weighted by Crippen LogP contribution is 2.14. The molecule has 0 saturated heterocycles. The molecule has 0 spiro atoms. The molecule has 0 aliphatic carbocycles. The van der Waals surface area contributed by atoms with E-state index >= 15 is 0 Å². The van der Waals surface area contributed by atoms with Crippen molar-refractivity contribution in [1.29, 1.82) is 0 Å². The van der Waals surface area contributed by atoms with Crippen LogP contribution in [0.4, 0.5) is 5.69 Å². The third-order valence-corrected chi connectivity index (χ3v) is 4.57. The predicted octanol–water partition coefficient (Wildman–Crippen LogP) is 2.54. The van der Waals surface area contributed by atoms with Gasteiger partial charge in [0.15, 0.2) is 5.69 Å². The Bertz CT molecular complexity index is 1070. The zero-order valence-corrected chi connectivity index (χ0v) is 16.2. The van der Waals surface area contributed by atoms with Gasteiger partial charge in [-0.15, -0.1) is 0 Å². The monoisotopic (exact) mass is 377 g/mol. The maximum Gasteiger partial charge on any atom is 0.292 e. The summed E-state index contributed by atoms with van der Waals surface area (Å²) in [5.74, 6) is -0.470. The number of rotatable bonds is 6. The van der Waals surface area contributed by atoms with Crippen molar-refractivity contribution in [3.8, 4) is 0 Å². The number of hydrogen-bond donors (Lipinski definition) is 1. The first-order valence-corrected chi connectivity index (χ1v) is 9.19. The molecule has 0 atom stereocenters. The number of hydrazone groups is 1. The number of nitrogens with one attached hydrogen (secondary N) is 1. The number of carbonyl (C=O) groups is 1. The lowest BCUT2D eigenvalue weighted by atomic mass is 10.1. The first-order valence-electron chi connectivity index (χ1n) is 9.19. The number of nitrogens with zero attached hydrogens (tertiary/aromatic N) is 4. The summed E-state index contributed by atoms with van der Waals surface area (Å²) in [5.41, 5.74) is 4.42. The van der Waals surface area contributed by atoms with Crippen molar-refractivity contribution < 1.29 is 4.79 Å². The zero-order chi connectivity index (χ0) is 20.1. The number of fused-ring (bicyclic) bond motifs is 1. The summed E-state index contributed by atoms with van der Waals surface area (Å²) < 4.78 is 1.16. The summed E-state index contributed by atoms with van der Waals surface area (Å²) in [5, 5.41) is 9.06. The topological polar surface area (TPSA) is 79.6 Å². The van der Waals surface area contributed by atoms with Gasteiger partial charge in [-0.1, -0.05) is 30.3 Å². The minimum absolute atomic E-state index is 0.159. The third kappa shape index (κ3) is 3.93. The van der Waals surface area contributed by atoms with Crippen molar-refractivity contribution in [3.05, 3.63) is 70.1 Å². The van der Waals surface area contributed by atoms with E-state index in [0.29, 0.717) is 10.8 Å². The molecule has 7 heteroatoms. The van der Waals surface area contributed by atoms with Crippen LogP contribution in [0.15, 0.2) is 58.4 Å².